The van der Waals surface area contributed by atoms with Crippen molar-refractivity contribution in [1.29, 1.82) is 0 Å². The van der Waals surface area contributed by atoms with Crippen molar-refractivity contribution in [2.45, 2.75) is 75.9 Å². The van der Waals surface area contributed by atoms with Crippen molar-refractivity contribution in [2.75, 3.05) is 27.4 Å². The number of ether oxygens (including phenoxy) is 4. The van der Waals surface area contributed by atoms with Gasteiger partial charge in [0.1, 0.15) is 12.2 Å². The van der Waals surface area contributed by atoms with E-state index in [4.69, 9.17) is 24.7 Å². The number of aromatic amines is 2. The molecule has 0 radical (unpaired) electrons. The van der Waals surface area contributed by atoms with Gasteiger partial charge in [-0.3, -0.25) is 19.8 Å². The van der Waals surface area contributed by atoms with Gasteiger partial charge in [0.2, 0.25) is 29.3 Å². The van der Waals surface area contributed by atoms with Crippen molar-refractivity contribution in [2.24, 2.45) is 16.6 Å². The number of nitrogens with two attached hydrogens (primary N) is 1. The average molecular weight is 952 g/mol. The molecule has 5 N–H and O–H groups in total. The number of carbonyl (C=O) groups is 2. The first kappa shape index (κ1) is 49.0. The van der Waals surface area contributed by atoms with E-state index in [2.05, 4.69) is 30.1 Å². The second-order valence-electron chi connectivity index (χ2n) is 16.7. The lowest BCUT2D eigenvalue weighted by Gasteiger charge is -2.36. The number of alkyl halides is 6. The molecule has 2 fully saturated rings. The Morgan fingerprint density at radius 1 is 0.603 bits per heavy atom. The maximum absolute atomic E-state index is 12.7. The van der Waals surface area contributed by atoms with Gasteiger partial charge < -0.3 is 29.8 Å². The molecule has 68 heavy (non-hydrogen) atoms. The molecular weight excluding hydrogens is 905 g/mol. The first-order chi connectivity index (χ1) is 32.4. The van der Waals surface area contributed by atoms with Gasteiger partial charge in [0.05, 0.1) is 24.0 Å². The van der Waals surface area contributed by atoms with E-state index in [1.54, 1.807) is 80.2 Å². The van der Waals surface area contributed by atoms with Crippen LogP contribution in [0, 0.1) is 10.8 Å². The molecule has 360 valence electrons. The molecule has 2 saturated carbocycles. The minimum absolute atomic E-state index is 0.0286. The van der Waals surface area contributed by atoms with E-state index in [0.29, 0.717) is 80.9 Å². The largest absolute Gasteiger partial charge is 0.481 e. The normalized spacial score (nSPS) is 20.8. The van der Waals surface area contributed by atoms with Gasteiger partial charge in [-0.05, 0) is 74.6 Å². The van der Waals surface area contributed by atoms with Crippen molar-refractivity contribution in [3.8, 4) is 56.8 Å². The zero-order valence-electron chi connectivity index (χ0n) is 36.7. The van der Waals surface area contributed by atoms with Gasteiger partial charge in [-0.15, -0.1) is 0 Å². The third-order valence-corrected chi connectivity index (χ3v) is 12.1. The lowest BCUT2D eigenvalue weighted by atomic mass is 9.73. The molecule has 4 heterocycles. The third-order valence-electron chi connectivity index (χ3n) is 12.1. The fourth-order valence-corrected chi connectivity index (χ4v) is 8.20. The van der Waals surface area contributed by atoms with E-state index in [9.17, 15) is 41.0 Å². The van der Waals surface area contributed by atoms with Gasteiger partial charge in [0.25, 0.3) is 0 Å². The van der Waals surface area contributed by atoms with Crippen LogP contribution in [0.1, 0.15) is 63.0 Å². The summed E-state index contributed by atoms with van der Waals surface area (Å²) in [6.07, 6.45) is -1.35. The Kier molecular flexibility index (Phi) is 14.8. The summed E-state index contributed by atoms with van der Waals surface area (Å²) in [4.78, 5) is 39.3. The average Bonchev–Trinajstić information content (AvgIpc) is 4.04. The summed E-state index contributed by atoms with van der Waals surface area (Å²) >= 11 is 0. The second kappa shape index (κ2) is 20.5. The highest BCUT2D eigenvalue weighted by Crippen LogP contribution is 2.40. The summed E-state index contributed by atoms with van der Waals surface area (Å²) in [7, 11) is 3.06. The van der Waals surface area contributed by atoms with Crippen LogP contribution < -0.4 is 15.2 Å². The molecule has 0 atom stereocenters. The number of hydrogen-bond donors (Lipinski definition) is 4. The van der Waals surface area contributed by atoms with Gasteiger partial charge in [0.15, 0.2) is 11.6 Å². The molecule has 2 aliphatic carbocycles. The Hall–Kier alpha value is -6.94. The van der Waals surface area contributed by atoms with Crippen molar-refractivity contribution < 1.29 is 60.0 Å². The summed E-state index contributed by atoms with van der Waals surface area (Å²) in [5.41, 5.74) is 8.27. The lowest BCUT2D eigenvalue weighted by molar-refractivity contribution is -0.156. The number of primary amides is 1. The number of amides is 1. The topological polar surface area (TPSA) is 226 Å². The first-order valence-electron chi connectivity index (χ1n) is 21.4. The molecule has 0 saturated heterocycles. The van der Waals surface area contributed by atoms with Gasteiger partial charge >= 0.3 is 18.3 Å². The van der Waals surface area contributed by atoms with Gasteiger partial charge in [-0.1, -0.05) is 48.5 Å². The van der Waals surface area contributed by atoms with Crippen LogP contribution >= 0.6 is 0 Å². The molecular formula is C46H47F6N9O7. The van der Waals surface area contributed by atoms with Gasteiger partial charge in [-0.25, -0.2) is 19.9 Å². The predicted molar refractivity (Wildman–Crippen MR) is 231 cm³/mol. The molecule has 0 unspecified atom stereocenters. The Labute approximate surface area is 385 Å². The van der Waals surface area contributed by atoms with Gasteiger partial charge in [0, 0.05) is 61.0 Å². The number of carboxylic acids is 1. The highest BCUT2D eigenvalue weighted by atomic mass is 19.4. The van der Waals surface area contributed by atoms with E-state index < -0.39 is 40.8 Å². The molecule has 4 aromatic heterocycles. The fraction of sp³-hybridized carbons (Fsp3) is 0.391. The number of rotatable bonds is 14. The second-order valence-corrected chi connectivity index (χ2v) is 16.7. The number of nitrogens with one attached hydrogen (secondary N) is 2. The minimum atomic E-state index is -4.58. The fourth-order valence-electron chi connectivity index (χ4n) is 8.20. The van der Waals surface area contributed by atoms with Crippen LogP contribution in [0.4, 0.5) is 26.3 Å². The minimum Gasteiger partial charge on any atom is -0.481 e. The quantitative estimate of drug-likeness (QED) is 0.0752. The van der Waals surface area contributed by atoms with Crippen LogP contribution in [0.15, 0.2) is 85.2 Å². The highest BCUT2D eigenvalue weighted by Gasteiger charge is 2.43. The van der Waals surface area contributed by atoms with Crippen LogP contribution in [0.2, 0.25) is 0 Å². The van der Waals surface area contributed by atoms with Crippen LogP contribution in [0.25, 0.3) is 45.0 Å². The molecule has 2 aromatic carbocycles. The Morgan fingerprint density at radius 3 is 1.26 bits per heavy atom. The van der Waals surface area contributed by atoms with Crippen LogP contribution in [0.5, 0.6) is 11.8 Å². The number of nitrogens with zero attached hydrogens (tertiary/aromatic N) is 6. The third kappa shape index (κ3) is 11.6. The first-order valence-corrected chi connectivity index (χ1v) is 21.4. The molecule has 1 amide bonds. The molecule has 8 rings (SSSR count). The molecule has 16 nitrogen and oxygen atoms in total. The SMILES string of the molecule is COCC1(C(=O)O)CCC(Oc2ccc(-c3ccc(-c4n[nH]c(C(F)(F)F)n4)cc3)cn2)CC1.COCC1(C(N)=O)CCC(Oc2ccc(-c3ccc(-c4n[nH]c(C(F)(F)F)n4)cc3)cn2)CC1. The maximum Gasteiger partial charge on any atom is 0.451 e. The summed E-state index contributed by atoms with van der Waals surface area (Å²) in [6.45, 7) is 0.487. The number of hydrogen-bond acceptors (Lipinski definition) is 12. The smallest absolute Gasteiger partial charge is 0.451 e. The number of halogens is 6. The van der Waals surface area contributed by atoms with Crippen molar-refractivity contribution >= 4 is 11.9 Å². The number of methoxy groups -OCH3 is 2. The number of benzene rings is 2. The molecule has 0 aliphatic heterocycles. The van der Waals surface area contributed by atoms with Crippen molar-refractivity contribution in [3.63, 3.8) is 0 Å². The Bertz CT molecular complexity index is 2430. The van der Waals surface area contributed by atoms with Crippen LogP contribution in [-0.4, -0.2) is 97.0 Å². The van der Waals surface area contributed by atoms with E-state index in [1.165, 1.54) is 7.11 Å². The van der Waals surface area contributed by atoms with Gasteiger partial charge in [-0.2, -0.15) is 36.5 Å². The Morgan fingerprint density at radius 2 is 0.956 bits per heavy atom. The highest BCUT2D eigenvalue weighted by molar-refractivity contribution is 5.81. The summed E-state index contributed by atoms with van der Waals surface area (Å²) in [5, 5.41) is 20.6. The zero-order chi connectivity index (χ0) is 48.7. The van der Waals surface area contributed by atoms with E-state index in [-0.39, 0.29) is 36.4 Å². The predicted octanol–water partition coefficient (Wildman–Crippen LogP) is 8.58. The molecule has 2 aliphatic rings. The number of carboxylic acid groups (broad SMARTS) is 1. The lowest BCUT2D eigenvalue weighted by Crippen LogP contribution is -2.45. The van der Waals surface area contributed by atoms with Crippen LogP contribution in [0.3, 0.4) is 0 Å². The maximum atomic E-state index is 12.7. The van der Waals surface area contributed by atoms with E-state index in [0.717, 1.165) is 22.3 Å². The number of aliphatic carboxylic acids is 1. The molecule has 0 spiro atoms. The van der Waals surface area contributed by atoms with Crippen molar-refractivity contribution in [3.05, 3.63) is 96.8 Å². The summed E-state index contributed by atoms with van der Waals surface area (Å²) in [6, 6.07) is 20.8. The molecule has 0 bridgehead atoms. The Balaban J connectivity index is 0.000000201. The monoisotopic (exact) mass is 951 g/mol. The van der Waals surface area contributed by atoms with Crippen molar-refractivity contribution in [1.82, 2.24) is 40.3 Å². The standard InChI is InChI=1S/C23H24F3N5O3.C23H23F3N4O4/c1-33-13-22(20(27)32)10-8-17(9-11-22)34-18-7-6-16(12-28-18)14-2-4-15(5-3-14)19-29-21(31-30-19)23(24,25)26;1-33-13-22(21(31)32)10-8-17(9-11-22)34-18-7-6-16(12-27-18)14-2-4-15(5-3-14)19-28-20(30-29-19)23(24,25)26/h2-7,12,17H,8-11,13H2,1H3,(H2,27,32)(H,29,30,31);2-7,12,17H,8-11,13H2,1H3,(H,31,32)(H,28,29,30). The molecule has 22 heteroatoms. The number of H-pyrrole nitrogens is 2. The number of pyridine rings is 2. The van der Waals surface area contributed by atoms with E-state index in [1.807, 2.05) is 22.3 Å². The van der Waals surface area contributed by atoms with Crippen LogP contribution in [-0.2, 0) is 31.4 Å². The van der Waals surface area contributed by atoms with E-state index >= 15 is 0 Å². The summed E-state index contributed by atoms with van der Waals surface area (Å²) in [5.74, 6) is -2.61. The molecule has 6 aromatic rings. The summed E-state index contributed by atoms with van der Waals surface area (Å²) < 4.78 is 98.5. The number of aromatic nitrogens is 8. The zero-order valence-corrected chi connectivity index (χ0v) is 36.7. The number of carbonyl (C=O) groups excluding carboxylic acids is 1.